The van der Waals surface area contributed by atoms with E-state index in [9.17, 15) is 19.5 Å². The highest BCUT2D eigenvalue weighted by molar-refractivity contribution is 8.00. The molecule has 8 heteroatoms. The Hall–Kier alpha value is -4.04. The Kier molecular flexibility index (Phi) is 8.41. The number of carbonyl (C=O) groups excluding carboxylic acids is 2. The van der Waals surface area contributed by atoms with Gasteiger partial charge in [0.05, 0.1) is 17.6 Å². The van der Waals surface area contributed by atoms with Crippen LogP contribution in [-0.2, 0) is 14.4 Å². The molecular weight excluding hydrogens is 476 g/mol. The SMILES string of the molecule is O=C(CSc1ccc(NC(=O)C2CC=CCC2C(=O)O)cc1)Nc1ccc(Oc2ccccc2)cc1. The highest BCUT2D eigenvalue weighted by Gasteiger charge is 2.33. The molecule has 3 aromatic rings. The van der Waals surface area contributed by atoms with Crippen LogP contribution in [0.25, 0.3) is 0 Å². The summed E-state index contributed by atoms with van der Waals surface area (Å²) in [5.41, 5.74) is 1.27. The van der Waals surface area contributed by atoms with Crippen molar-refractivity contribution < 1.29 is 24.2 Å². The lowest BCUT2D eigenvalue weighted by Gasteiger charge is -2.24. The summed E-state index contributed by atoms with van der Waals surface area (Å²) in [5, 5.41) is 15.0. The molecule has 0 heterocycles. The van der Waals surface area contributed by atoms with Gasteiger partial charge in [-0.3, -0.25) is 14.4 Å². The molecule has 36 heavy (non-hydrogen) atoms. The first-order valence-electron chi connectivity index (χ1n) is 11.5. The van der Waals surface area contributed by atoms with Crippen LogP contribution in [0.2, 0.25) is 0 Å². The van der Waals surface area contributed by atoms with Crippen molar-refractivity contribution in [2.45, 2.75) is 17.7 Å². The van der Waals surface area contributed by atoms with Gasteiger partial charge in [-0.05, 0) is 73.5 Å². The number of anilines is 2. The van der Waals surface area contributed by atoms with E-state index in [1.54, 1.807) is 42.5 Å². The van der Waals surface area contributed by atoms with Crippen LogP contribution in [0.5, 0.6) is 11.5 Å². The number of aliphatic carboxylic acids is 1. The number of para-hydroxylation sites is 1. The number of allylic oxidation sites excluding steroid dienone is 2. The number of benzene rings is 3. The molecule has 0 bridgehead atoms. The predicted octanol–water partition coefficient (Wildman–Crippen LogP) is 5.82. The second-order valence-corrected chi connectivity index (χ2v) is 9.33. The molecule has 0 radical (unpaired) electrons. The first kappa shape index (κ1) is 25.1. The van der Waals surface area contributed by atoms with Gasteiger partial charge in [-0.15, -0.1) is 11.8 Å². The highest BCUT2D eigenvalue weighted by atomic mass is 32.2. The third kappa shape index (κ3) is 6.99. The summed E-state index contributed by atoms with van der Waals surface area (Å²) in [7, 11) is 0. The number of carboxylic acid groups (broad SMARTS) is 1. The van der Waals surface area contributed by atoms with Crippen LogP contribution in [0.3, 0.4) is 0 Å². The normalized spacial score (nSPS) is 16.7. The van der Waals surface area contributed by atoms with Crippen molar-refractivity contribution in [3.8, 4) is 11.5 Å². The molecule has 2 atom stereocenters. The van der Waals surface area contributed by atoms with E-state index in [-0.39, 0.29) is 17.6 Å². The molecular formula is C28H26N2O5S. The van der Waals surface area contributed by atoms with Gasteiger partial charge in [-0.1, -0.05) is 30.4 Å². The quantitative estimate of drug-likeness (QED) is 0.252. The van der Waals surface area contributed by atoms with Gasteiger partial charge in [0.25, 0.3) is 0 Å². The summed E-state index contributed by atoms with van der Waals surface area (Å²) in [6, 6.07) is 23.8. The standard InChI is InChI=1S/C28H26N2O5S/c31-26(29-19-10-14-22(15-11-19)35-21-6-2-1-3-7-21)18-36-23-16-12-20(13-17-23)30-27(32)24-8-4-5-9-25(24)28(33)34/h1-7,10-17,24-25H,8-9,18H2,(H,29,31)(H,30,32)(H,33,34). The van der Waals surface area contributed by atoms with E-state index in [0.717, 1.165) is 10.6 Å². The van der Waals surface area contributed by atoms with Gasteiger partial charge in [0.1, 0.15) is 11.5 Å². The largest absolute Gasteiger partial charge is 0.481 e. The van der Waals surface area contributed by atoms with Gasteiger partial charge in [-0.25, -0.2) is 0 Å². The number of hydrogen-bond donors (Lipinski definition) is 3. The summed E-state index contributed by atoms with van der Waals surface area (Å²) in [6.45, 7) is 0. The molecule has 0 aliphatic heterocycles. The number of thioether (sulfide) groups is 1. The summed E-state index contributed by atoms with van der Waals surface area (Å²) in [5.74, 6) is -1.05. The summed E-state index contributed by atoms with van der Waals surface area (Å²) in [6.07, 6.45) is 4.42. The minimum absolute atomic E-state index is 0.140. The first-order valence-corrected chi connectivity index (χ1v) is 12.5. The number of hydrogen-bond acceptors (Lipinski definition) is 5. The van der Waals surface area contributed by atoms with E-state index in [1.807, 2.05) is 48.5 Å². The van der Waals surface area contributed by atoms with Crippen molar-refractivity contribution >= 4 is 40.9 Å². The highest BCUT2D eigenvalue weighted by Crippen LogP contribution is 2.28. The number of amides is 2. The van der Waals surface area contributed by atoms with Crippen LogP contribution in [0.1, 0.15) is 12.8 Å². The molecule has 0 aromatic heterocycles. The monoisotopic (exact) mass is 502 g/mol. The lowest BCUT2D eigenvalue weighted by atomic mass is 9.82. The second-order valence-electron chi connectivity index (χ2n) is 8.28. The molecule has 0 saturated carbocycles. The molecule has 3 N–H and O–H groups in total. The Labute approximate surface area is 213 Å². The minimum atomic E-state index is -0.957. The molecule has 2 unspecified atom stereocenters. The van der Waals surface area contributed by atoms with E-state index in [2.05, 4.69) is 10.6 Å². The van der Waals surface area contributed by atoms with Crippen molar-refractivity contribution in [2.75, 3.05) is 16.4 Å². The number of rotatable bonds is 9. The fourth-order valence-corrected chi connectivity index (χ4v) is 4.52. The van der Waals surface area contributed by atoms with Crippen molar-refractivity contribution in [3.63, 3.8) is 0 Å². The first-order chi connectivity index (χ1) is 17.5. The van der Waals surface area contributed by atoms with E-state index in [0.29, 0.717) is 30.0 Å². The van der Waals surface area contributed by atoms with Gasteiger partial charge < -0.3 is 20.5 Å². The average molecular weight is 503 g/mol. The van der Waals surface area contributed by atoms with E-state index < -0.39 is 17.8 Å². The third-order valence-corrected chi connectivity index (χ3v) is 6.71. The zero-order chi connectivity index (χ0) is 25.3. The summed E-state index contributed by atoms with van der Waals surface area (Å²) in [4.78, 5) is 37.3. The Morgan fingerprint density at radius 2 is 1.36 bits per heavy atom. The van der Waals surface area contributed by atoms with Crippen LogP contribution >= 0.6 is 11.8 Å². The van der Waals surface area contributed by atoms with Crippen molar-refractivity contribution in [3.05, 3.63) is 91.0 Å². The Morgan fingerprint density at radius 1 is 0.778 bits per heavy atom. The van der Waals surface area contributed by atoms with Crippen LogP contribution in [-0.4, -0.2) is 28.6 Å². The smallest absolute Gasteiger partial charge is 0.307 e. The van der Waals surface area contributed by atoms with Gasteiger partial charge in [0, 0.05) is 16.3 Å². The molecule has 3 aromatic carbocycles. The van der Waals surface area contributed by atoms with Gasteiger partial charge in [0.2, 0.25) is 11.8 Å². The zero-order valence-corrected chi connectivity index (χ0v) is 20.2. The Balaban J connectivity index is 1.23. The Morgan fingerprint density at radius 3 is 2.03 bits per heavy atom. The van der Waals surface area contributed by atoms with Crippen LogP contribution in [0.4, 0.5) is 11.4 Å². The van der Waals surface area contributed by atoms with Gasteiger partial charge in [-0.2, -0.15) is 0 Å². The van der Waals surface area contributed by atoms with E-state index >= 15 is 0 Å². The number of carbonyl (C=O) groups is 3. The second kappa shape index (κ2) is 12.1. The van der Waals surface area contributed by atoms with Crippen molar-refractivity contribution in [1.82, 2.24) is 0 Å². The molecule has 1 aliphatic rings. The lowest BCUT2D eigenvalue weighted by Crippen LogP contribution is -2.34. The molecule has 0 fully saturated rings. The molecule has 0 saturated heterocycles. The van der Waals surface area contributed by atoms with Gasteiger partial charge >= 0.3 is 5.97 Å². The van der Waals surface area contributed by atoms with E-state index in [4.69, 9.17) is 4.74 Å². The number of nitrogens with one attached hydrogen (secondary N) is 2. The third-order valence-electron chi connectivity index (χ3n) is 5.70. The summed E-state index contributed by atoms with van der Waals surface area (Å²) >= 11 is 1.38. The molecule has 0 spiro atoms. The molecule has 1 aliphatic carbocycles. The Bertz CT molecular complexity index is 1230. The predicted molar refractivity (Wildman–Crippen MR) is 140 cm³/mol. The maximum absolute atomic E-state index is 12.6. The minimum Gasteiger partial charge on any atom is -0.481 e. The summed E-state index contributed by atoms with van der Waals surface area (Å²) < 4.78 is 5.76. The van der Waals surface area contributed by atoms with Gasteiger partial charge in [0.15, 0.2) is 0 Å². The molecule has 2 amide bonds. The molecule has 4 rings (SSSR count). The van der Waals surface area contributed by atoms with Crippen LogP contribution in [0.15, 0.2) is 95.9 Å². The number of carboxylic acids is 1. The van der Waals surface area contributed by atoms with Crippen LogP contribution in [0, 0.1) is 11.8 Å². The number of ether oxygens (including phenoxy) is 1. The van der Waals surface area contributed by atoms with E-state index in [1.165, 1.54) is 11.8 Å². The zero-order valence-electron chi connectivity index (χ0n) is 19.4. The topological polar surface area (TPSA) is 105 Å². The maximum atomic E-state index is 12.6. The average Bonchev–Trinajstić information content (AvgIpc) is 2.90. The fourth-order valence-electron chi connectivity index (χ4n) is 3.82. The molecule has 184 valence electrons. The lowest BCUT2D eigenvalue weighted by molar-refractivity contribution is -0.146. The maximum Gasteiger partial charge on any atom is 0.307 e. The van der Waals surface area contributed by atoms with Crippen LogP contribution < -0.4 is 15.4 Å². The molecule has 7 nitrogen and oxygen atoms in total. The van der Waals surface area contributed by atoms with Crippen molar-refractivity contribution in [2.24, 2.45) is 11.8 Å². The fraction of sp³-hybridized carbons (Fsp3) is 0.179. The van der Waals surface area contributed by atoms with Crippen molar-refractivity contribution in [1.29, 1.82) is 0 Å².